The van der Waals surface area contributed by atoms with Crippen molar-refractivity contribution < 1.29 is 4.79 Å². The largest absolute Gasteiger partial charge is 0.335 e. The van der Waals surface area contributed by atoms with Crippen LogP contribution in [0.15, 0.2) is 0 Å². The molecule has 0 aliphatic carbocycles. The molecule has 2 heterocycles. The second-order valence-corrected chi connectivity index (χ2v) is 4.60. The van der Waals surface area contributed by atoms with Gasteiger partial charge in [-0.2, -0.15) is 0 Å². The Kier molecular flexibility index (Phi) is 4.30. The van der Waals surface area contributed by atoms with Gasteiger partial charge in [-0.05, 0) is 26.3 Å². The van der Waals surface area contributed by atoms with Crippen LogP contribution in [0.1, 0.15) is 43.1 Å². The van der Waals surface area contributed by atoms with Crippen molar-refractivity contribution in [2.24, 2.45) is 0 Å². The van der Waals surface area contributed by atoms with Crippen molar-refractivity contribution in [3.05, 3.63) is 11.6 Å². The van der Waals surface area contributed by atoms with Gasteiger partial charge in [0, 0.05) is 25.6 Å². The minimum absolute atomic E-state index is 0.0813. The number of aromatic nitrogens is 3. The second-order valence-electron chi connectivity index (χ2n) is 4.60. The van der Waals surface area contributed by atoms with Crippen molar-refractivity contribution in [3.8, 4) is 0 Å². The molecule has 1 saturated heterocycles. The molecule has 100 valence electrons. The summed E-state index contributed by atoms with van der Waals surface area (Å²) in [6.45, 7) is 6.45. The number of hydrogen-bond donors (Lipinski definition) is 2. The molecule has 0 saturated carbocycles. The second kappa shape index (κ2) is 5.95. The van der Waals surface area contributed by atoms with Gasteiger partial charge in [0.05, 0.1) is 0 Å². The van der Waals surface area contributed by atoms with E-state index in [0.29, 0.717) is 12.6 Å². The molecule has 2 rings (SSSR count). The third-order valence-electron chi connectivity index (χ3n) is 3.33. The van der Waals surface area contributed by atoms with Crippen LogP contribution >= 0.6 is 0 Å². The van der Waals surface area contributed by atoms with E-state index in [0.717, 1.165) is 31.8 Å². The minimum atomic E-state index is -0.0813. The number of nitrogens with one attached hydrogen (secondary N) is 2. The van der Waals surface area contributed by atoms with Crippen LogP contribution in [0.4, 0.5) is 0 Å². The Bertz CT molecular complexity index is 397. The lowest BCUT2D eigenvalue weighted by Crippen LogP contribution is -2.41. The number of likely N-dealkylation sites (N-methyl/N-ethyl adjacent to an activating group) is 1. The van der Waals surface area contributed by atoms with Crippen LogP contribution in [0.25, 0.3) is 0 Å². The topological polar surface area (TPSA) is 73.9 Å². The van der Waals surface area contributed by atoms with E-state index in [4.69, 9.17) is 0 Å². The smallest absolute Gasteiger partial charge is 0.293 e. The molecule has 18 heavy (non-hydrogen) atoms. The molecule has 0 aromatic carbocycles. The summed E-state index contributed by atoms with van der Waals surface area (Å²) in [5.41, 5.74) is 0. The molecule has 1 aliphatic heterocycles. The van der Waals surface area contributed by atoms with Gasteiger partial charge in [-0.15, -0.1) is 5.10 Å². The molecule has 0 spiro atoms. The Balaban J connectivity index is 1.99. The van der Waals surface area contributed by atoms with Crippen LogP contribution in [0.3, 0.4) is 0 Å². The molecule has 0 radical (unpaired) electrons. The summed E-state index contributed by atoms with van der Waals surface area (Å²) >= 11 is 0. The summed E-state index contributed by atoms with van der Waals surface area (Å²) in [7, 11) is 0. The lowest BCUT2D eigenvalue weighted by atomic mass is 10.2. The predicted molar refractivity (Wildman–Crippen MR) is 68.4 cm³/mol. The fourth-order valence-corrected chi connectivity index (χ4v) is 2.22. The average molecular weight is 251 g/mol. The number of hydrogen-bond acceptors (Lipinski definition) is 4. The molecule has 1 aromatic rings. The van der Waals surface area contributed by atoms with E-state index in [1.807, 2.05) is 18.7 Å². The van der Waals surface area contributed by atoms with E-state index < -0.39 is 0 Å². The van der Waals surface area contributed by atoms with Crippen LogP contribution in [-0.2, 0) is 6.42 Å². The van der Waals surface area contributed by atoms with Crippen LogP contribution < -0.4 is 5.32 Å². The van der Waals surface area contributed by atoms with Crippen LogP contribution in [0.2, 0.25) is 0 Å². The third kappa shape index (κ3) is 2.87. The molecule has 1 unspecified atom stereocenters. The standard InChI is InChI=1S/C12H21N5O/c1-3-10-14-11(16-15-10)12(18)17(4-2)8-9-6-5-7-13-9/h9,13H,3-8H2,1-2H3,(H,14,15,16). The highest BCUT2D eigenvalue weighted by Gasteiger charge is 2.23. The first-order valence-corrected chi connectivity index (χ1v) is 6.68. The van der Waals surface area contributed by atoms with E-state index >= 15 is 0 Å². The van der Waals surface area contributed by atoms with Gasteiger partial charge in [0.25, 0.3) is 5.91 Å². The normalized spacial score (nSPS) is 19.1. The summed E-state index contributed by atoms with van der Waals surface area (Å²) in [6, 6.07) is 0.415. The molecule has 1 amide bonds. The van der Waals surface area contributed by atoms with Crippen LogP contribution in [0, 0.1) is 0 Å². The lowest BCUT2D eigenvalue weighted by Gasteiger charge is -2.23. The molecule has 0 bridgehead atoms. The monoisotopic (exact) mass is 251 g/mol. The zero-order valence-electron chi connectivity index (χ0n) is 11.1. The van der Waals surface area contributed by atoms with E-state index in [1.54, 1.807) is 0 Å². The molecule has 6 nitrogen and oxygen atoms in total. The Morgan fingerprint density at radius 1 is 1.50 bits per heavy atom. The number of aryl methyl sites for hydroxylation is 1. The summed E-state index contributed by atoms with van der Waals surface area (Å²) < 4.78 is 0. The summed E-state index contributed by atoms with van der Waals surface area (Å²) in [5.74, 6) is 0.960. The molecule has 1 fully saturated rings. The highest BCUT2D eigenvalue weighted by molar-refractivity contribution is 5.90. The molecular weight excluding hydrogens is 230 g/mol. The molecular formula is C12H21N5O. The average Bonchev–Trinajstić information content (AvgIpc) is 3.06. The number of amides is 1. The van der Waals surface area contributed by atoms with Gasteiger partial charge in [-0.25, -0.2) is 4.98 Å². The van der Waals surface area contributed by atoms with Crippen molar-refractivity contribution in [1.29, 1.82) is 0 Å². The first kappa shape index (κ1) is 13.0. The summed E-state index contributed by atoms with van der Waals surface area (Å²) in [4.78, 5) is 18.3. The Morgan fingerprint density at radius 2 is 2.33 bits per heavy atom. The lowest BCUT2D eigenvalue weighted by molar-refractivity contribution is 0.0739. The van der Waals surface area contributed by atoms with E-state index in [2.05, 4.69) is 20.5 Å². The highest BCUT2D eigenvalue weighted by atomic mass is 16.2. The zero-order chi connectivity index (χ0) is 13.0. The van der Waals surface area contributed by atoms with Gasteiger partial charge in [-0.3, -0.25) is 9.89 Å². The number of aromatic amines is 1. The van der Waals surface area contributed by atoms with Crippen LogP contribution in [-0.4, -0.2) is 51.7 Å². The molecule has 1 aromatic heterocycles. The van der Waals surface area contributed by atoms with Crippen molar-refractivity contribution in [2.75, 3.05) is 19.6 Å². The number of carbonyl (C=O) groups excluding carboxylic acids is 1. The van der Waals surface area contributed by atoms with Gasteiger partial charge in [0.2, 0.25) is 5.82 Å². The first-order chi connectivity index (χ1) is 8.74. The SMILES string of the molecule is CCc1nc(C(=O)N(CC)CC2CCCN2)n[nH]1. The molecule has 1 atom stereocenters. The maximum atomic E-state index is 12.2. The van der Waals surface area contributed by atoms with Crippen molar-refractivity contribution in [1.82, 2.24) is 25.4 Å². The number of carbonyl (C=O) groups is 1. The van der Waals surface area contributed by atoms with Gasteiger partial charge in [-0.1, -0.05) is 6.92 Å². The Labute approximate surface area is 107 Å². The minimum Gasteiger partial charge on any atom is -0.335 e. The Morgan fingerprint density at radius 3 is 2.89 bits per heavy atom. The first-order valence-electron chi connectivity index (χ1n) is 6.68. The number of H-pyrrole nitrogens is 1. The predicted octanol–water partition coefficient (Wildman–Crippen LogP) is 0.581. The van der Waals surface area contributed by atoms with Gasteiger partial charge >= 0.3 is 0 Å². The van der Waals surface area contributed by atoms with E-state index in [-0.39, 0.29) is 11.7 Å². The van der Waals surface area contributed by atoms with Crippen molar-refractivity contribution in [2.45, 2.75) is 39.2 Å². The number of nitrogens with zero attached hydrogens (tertiary/aromatic N) is 3. The highest BCUT2D eigenvalue weighted by Crippen LogP contribution is 2.09. The molecule has 1 aliphatic rings. The quantitative estimate of drug-likeness (QED) is 0.803. The fourth-order valence-electron chi connectivity index (χ4n) is 2.22. The van der Waals surface area contributed by atoms with E-state index in [9.17, 15) is 4.79 Å². The van der Waals surface area contributed by atoms with Crippen LogP contribution in [0.5, 0.6) is 0 Å². The van der Waals surface area contributed by atoms with Gasteiger partial charge in [0.1, 0.15) is 5.82 Å². The summed E-state index contributed by atoms with van der Waals surface area (Å²) in [5, 5.41) is 10.2. The molecule has 6 heteroatoms. The zero-order valence-corrected chi connectivity index (χ0v) is 11.1. The maximum Gasteiger partial charge on any atom is 0.293 e. The summed E-state index contributed by atoms with van der Waals surface area (Å²) in [6.07, 6.45) is 3.09. The maximum absolute atomic E-state index is 12.2. The fraction of sp³-hybridized carbons (Fsp3) is 0.750. The van der Waals surface area contributed by atoms with Crippen molar-refractivity contribution >= 4 is 5.91 Å². The Hall–Kier alpha value is -1.43. The molecule has 2 N–H and O–H groups in total. The van der Waals surface area contributed by atoms with E-state index in [1.165, 1.54) is 6.42 Å². The van der Waals surface area contributed by atoms with Gasteiger partial charge in [0.15, 0.2) is 0 Å². The third-order valence-corrected chi connectivity index (χ3v) is 3.33. The number of rotatable bonds is 5. The van der Waals surface area contributed by atoms with Gasteiger partial charge < -0.3 is 10.2 Å². The van der Waals surface area contributed by atoms with Crippen molar-refractivity contribution in [3.63, 3.8) is 0 Å².